The molecule has 0 aromatic rings. The van der Waals surface area contributed by atoms with E-state index in [1.165, 1.54) is 17.7 Å². The quantitative estimate of drug-likeness (QED) is 0.410. The first-order valence-corrected chi connectivity index (χ1v) is 3.11. The van der Waals surface area contributed by atoms with Crippen molar-refractivity contribution in [2.24, 2.45) is 0 Å². The monoisotopic (exact) mass is 127 g/mol. The fourth-order valence-electron chi connectivity index (χ4n) is 0.229. The summed E-state index contributed by atoms with van der Waals surface area (Å²) in [6.45, 7) is 1.87. The number of hydrogen-bond donors (Lipinski definition) is 0. The molecule has 0 rings (SSSR count). The van der Waals surface area contributed by atoms with Crippen LogP contribution in [-0.4, -0.2) is 11.7 Å². The summed E-state index contributed by atoms with van der Waals surface area (Å²) in [4.78, 5) is 9.85. The molecule has 0 atom stereocenters. The number of nitriles is 1. The molecule has 0 amide bonds. The summed E-state index contributed by atoms with van der Waals surface area (Å²) in [7, 11) is 0. The molecule has 0 heterocycles. The first-order chi connectivity index (χ1) is 3.85. The summed E-state index contributed by atoms with van der Waals surface area (Å²) in [6.07, 6.45) is 0. The lowest BCUT2D eigenvalue weighted by Crippen LogP contribution is -1.71. The average molecular weight is 127 g/mol. The Labute approximate surface area is 52.2 Å². The topological polar surface area (TPSA) is 40.9 Å². The Kier molecular flexibility index (Phi) is 4.05. The van der Waals surface area contributed by atoms with E-state index in [1.54, 1.807) is 6.07 Å². The number of thioether (sulfide) groups is 1. The van der Waals surface area contributed by atoms with Crippen LogP contribution in [0.2, 0.25) is 0 Å². The largest absolute Gasteiger partial charge is 0.231 e. The molecular formula is C5H5NOS. The van der Waals surface area contributed by atoms with Crippen molar-refractivity contribution < 1.29 is 4.79 Å². The van der Waals surface area contributed by atoms with Crippen LogP contribution in [-0.2, 0) is 4.79 Å². The minimum atomic E-state index is 0.132. The number of rotatable bonds is 2. The van der Waals surface area contributed by atoms with Crippen molar-refractivity contribution in [1.29, 1.82) is 5.26 Å². The molecule has 0 aromatic heterocycles. The van der Waals surface area contributed by atoms with Gasteiger partial charge in [-0.3, -0.25) is 0 Å². The third-order valence-electron chi connectivity index (χ3n) is 0.483. The van der Waals surface area contributed by atoms with Crippen LogP contribution in [0.25, 0.3) is 0 Å². The summed E-state index contributed by atoms with van der Waals surface area (Å²) in [5.41, 5.74) is 0. The molecule has 8 heavy (non-hydrogen) atoms. The molecule has 0 saturated heterocycles. The molecule has 0 spiro atoms. The van der Waals surface area contributed by atoms with Gasteiger partial charge in [-0.2, -0.15) is 5.26 Å². The van der Waals surface area contributed by atoms with Crippen molar-refractivity contribution in [2.75, 3.05) is 5.75 Å². The van der Waals surface area contributed by atoms with Crippen LogP contribution in [0.15, 0.2) is 4.91 Å². The smallest absolute Gasteiger partial charge is 0.169 e. The lowest BCUT2D eigenvalue weighted by atomic mass is 10.7. The molecule has 2 nitrogen and oxygen atoms in total. The lowest BCUT2D eigenvalue weighted by molar-refractivity contribution is 0.569. The summed E-state index contributed by atoms with van der Waals surface area (Å²) < 4.78 is 0. The van der Waals surface area contributed by atoms with Crippen molar-refractivity contribution in [1.82, 2.24) is 0 Å². The van der Waals surface area contributed by atoms with Crippen molar-refractivity contribution in [3.05, 3.63) is 4.91 Å². The van der Waals surface area contributed by atoms with Crippen LogP contribution in [0.4, 0.5) is 0 Å². The maximum absolute atomic E-state index is 9.72. The lowest BCUT2D eigenvalue weighted by Gasteiger charge is -1.81. The van der Waals surface area contributed by atoms with E-state index in [1.807, 2.05) is 6.92 Å². The van der Waals surface area contributed by atoms with Crippen molar-refractivity contribution >= 4 is 17.7 Å². The van der Waals surface area contributed by atoms with E-state index in [2.05, 4.69) is 0 Å². The van der Waals surface area contributed by atoms with Gasteiger partial charge in [0.25, 0.3) is 0 Å². The molecule has 0 aliphatic carbocycles. The predicted molar refractivity (Wildman–Crippen MR) is 33.0 cm³/mol. The van der Waals surface area contributed by atoms with Crippen molar-refractivity contribution in [3.8, 4) is 6.07 Å². The molecule has 0 saturated carbocycles. The third-order valence-corrected chi connectivity index (χ3v) is 1.23. The molecule has 3 heteroatoms. The minimum absolute atomic E-state index is 0.132. The van der Waals surface area contributed by atoms with E-state index < -0.39 is 0 Å². The van der Waals surface area contributed by atoms with Gasteiger partial charge >= 0.3 is 0 Å². The fraction of sp³-hybridized carbons (Fsp3) is 0.400. The Bertz CT molecular complexity index is 152. The first kappa shape index (κ1) is 7.29. The highest BCUT2D eigenvalue weighted by Gasteiger charge is 1.90. The van der Waals surface area contributed by atoms with Gasteiger partial charge in [0.05, 0.1) is 0 Å². The van der Waals surface area contributed by atoms with Crippen LogP contribution in [0.5, 0.6) is 0 Å². The second-order valence-corrected chi connectivity index (χ2v) is 2.25. The third kappa shape index (κ3) is 2.46. The molecule has 0 fully saturated rings. The highest BCUT2D eigenvalue weighted by molar-refractivity contribution is 8.03. The van der Waals surface area contributed by atoms with E-state index in [9.17, 15) is 4.79 Å². The van der Waals surface area contributed by atoms with E-state index >= 15 is 0 Å². The van der Waals surface area contributed by atoms with Gasteiger partial charge in [-0.1, -0.05) is 6.92 Å². The van der Waals surface area contributed by atoms with E-state index in [4.69, 9.17) is 5.26 Å². The van der Waals surface area contributed by atoms with Gasteiger partial charge < -0.3 is 0 Å². The Morgan fingerprint density at radius 3 is 2.62 bits per heavy atom. The summed E-state index contributed by atoms with van der Waals surface area (Å²) in [6, 6.07) is 1.71. The molecule has 0 radical (unpaired) electrons. The summed E-state index contributed by atoms with van der Waals surface area (Å²) >= 11 is 1.21. The molecule has 0 N–H and O–H groups in total. The second kappa shape index (κ2) is 4.45. The summed E-state index contributed by atoms with van der Waals surface area (Å²) in [5.74, 6) is 2.27. The molecule has 0 unspecified atom stereocenters. The Morgan fingerprint density at radius 2 is 2.50 bits per heavy atom. The number of allylic oxidation sites excluding steroid dienone is 1. The van der Waals surface area contributed by atoms with Gasteiger partial charge in [-0.25, -0.2) is 4.79 Å². The van der Waals surface area contributed by atoms with Crippen molar-refractivity contribution in [2.45, 2.75) is 6.92 Å². The minimum Gasteiger partial charge on any atom is -0.231 e. The molecule has 0 aromatic carbocycles. The predicted octanol–water partition coefficient (Wildman–Crippen LogP) is 0.979. The number of carbonyl (C=O) groups excluding carboxylic acids is 1. The highest BCUT2D eigenvalue weighted by atomic mass is 32.2. The van der Waals surface area contributed by atoms with Gasteiger partial charge in [0, 0.05) is 0 Å². The van der Waals surface area contributed by atoms with Crippen LogP contribution in [0, 0.1) is 11.3 Å². The number of hydrogen-bond acceptors (Lipinski definition) is 3. The highest BCUT2D eigenvalue weighted by Crippen LogP contribution is 2.08. The first-order valence-electron chi connectivity index (χ1n) is 2.13. The second-order valence-electron chi connectivity index (χ2n) is 0.976. The van der Waals surface area contributed by atoms with Gasteiger partial charge in [-0.15, -0.1) is 11.8 Å². The van der Waals surface area contributed by atoms with Crippen LogP contribution < -0.4 is 0 Å². The molecule has 0 bridgehead atoms. The molecule has 42 valence electrons. The van der Waals surface area contributed by atoms with Crippen molar-refractivity contribution in [3.63, 3.8) is 0 Å². The van der Waals surface area contributed by atoms with Gasteiger partial charge in [0.2, 0.25) is 0 Å². The van der Waals surface area contributed by atoms with Crippen LogP contribution in [0.3, 0.4) is 0 Å². The van der Waals surface area contributed by atoms with Gasteiger partial charge in [-0.05, 0) is 5.75 Å². The molecular weight excluding hydrogens is 122 g/mol. The number of nitrogens with zero attached hydrogens (tertiary/aromatic N) is 1. The standard InChI is InChI=1S/C5H5NOS/c1-2-8-5(3-6)4-7/h2H2,1H3. The van der Waals surface area contributed by atoms with Gasteiger partial charge in [0.15, 0.2) is 10.8 Å². The van der Waals surface area contributed by atoms with E-state index in [-0.39, 0.29) is 4.91 Å². The normalized spacial score (nSPS) is 7.00. The maximum Gasteiger partial charge on any atom is 0.169 e. The van der Waals surface area contributed by atoms with Crippen LogP contribution in [0.1, 0.15) is 6.92 Å². The van der Waals surface area contributed by atoms with E-state index in [0.29, 0.717) is 0 Å². The summed E-state index contributed by atoms with van der Waals surface area (Å²) in [5, 5.41) is 8.09. The Balaban J connectivity index is 3.79. The molecule has 0 aliphatic heterocycles. The zero-order chi connectivity index (χ0) is 6.41. The Morgan fingerprint density at radius 1 is 1.88 bits per heavy atom. The van der Waals surface area contributed by atoms with Crippen LogP contribution >= 0.6 is 11.8 Å². The SMILES string of the molecule is CCSC(=C=O)C#N. The average Bonchev–Trinajstić information content (AvgIpc) is 1.83. The zero-order valence-electron chi connectivity index (χ0n) is 4.47. The maximum atomic E-state index is 9.72. The molecule has 0 aliphatic rings. The zero-order valence-corrected chi connectivity index (χ0v) is 5.29. The Hall–Kier alpha value is -0.710. The van der Waals surface area contributed by atoms with Gasteiger partial charge in [0.1, 0.15) is 6.07 Å². The fourth-order valence-corrected chi connectivity index (χ4v) is 0.641. The van der Waals surface area contributed by atoms with E-state index in [0.717, 1.165) is 5.75 Å².